The average molecular weight is 353 g/mol. The second-order valence-corrected chi connectivity index (χ2v) is 5.23. The van der Waals surface area contributed by atoms with Crippen LogP contribution in [0.1, 0.15) is 17.3 Å². The van der Waals surface area contributed by atoms with Gasteiger partial charge in [0, 0.05) is 5.56 Å². The Balaban J connectivity index is 1.88. The summed E-state index contributed by atoms with van der Waals surface area (Å²) >= 11 is 5.71. The zero-order valence-electron chi connectivity index (χ0n) is 12.5. The number of ether oxygens (including phenoxy) is 1. The predicted octanol–water partition coefficient (Wildman–Crippen LogP) is 2.41. The molecule has 0 heterocycles. The van der Waals surface area contributed by atoms with Crippen LogP contribution in [0.15, 0.2) is 42.5 Å². The van der Waals surface area contributed by atoms with Crippen molar-refractivity contribution in [1.29, 1.82) is 0 Å². The van der Waals surface area contributed by atoms with Crippen LogP contribution in [-0.4, -0.2) is 23.0 Å². The summed E-state index contributed by atoms with van der Waals surface area (Å²) in [4.78, 5) is 23.8. The third-order valence-corrected chi connectivity index (χ3v) is 3.31. The SMILES string of the molecule is CC(Oc1ccc(F)cc1)C(=O)NNC(=O)c1ccc(O)c(Cl)c1. The lowest BCUT2D eigenvalue weighted by atomic mass is 10.2. The van der Waals surface area contributed by atoms with Crippen LogP contribution in [0.25, 0.3) is 0 Å². The molecule has 2 amide bonds. The van der Waals surface area contributed by atoms with Gasteiger partial charge in [0.1, 0.15) is 17.3 Å². The van der Waals surface area contributed by atoms with Gasteiger partial charge in [-0.3, -0.25) is 20.4 Å². The van der Waals surface area contributed by atoms with E-state index in [9.17, 15) is 19.1 Å². The van der Waals surface area contributed by atoms with Crippen molar-refractivity contribution in [3.8, 4) is 11.5 Å². The van der Waals surface area contributed by atoms with Crippen LogP contribution in [0.3, 0.4) is 0 Å². The Morgan fingerprint density at radius 2 is 1.83 bits per heavy atom. The Morgan fingerprint density at radius 3 is 2.46 bits per heavy atom. The van der Waals surface area contributed by atoms with Crippen molar-refractivity contribution in [2.24, 2.45) is 0 Å². The molecule has 2 rings (SSSR count). The van der Waals surface area contributed by atoms with Gasteiger partial charge < -0.3 is 9.84 Å². The van der Waals surface area contributed by atoms with Crippen LogP contribution in [0, 0.1) is 5.82 Å². The normalized spacial score (nSPS) is 11.5. The molecule has 0 saturated heterocycles. The number of carbonyl (C=O) groups excluding carboxylic acids is 2. The Bertz CT molecular complexity index is 752. The van der Waals surface area contributed by atoms with Crippen LogP contribution in [0.2, 0.25) is 5.02 Å². The summed E-state index contributed by atoms with van der Waals surface area (Å²) in [5, 5.41) is 9.32. The second-order valence-electron chi connectivity index (χ2n) is 4.82. The monoisotopic (exact) mass is 352 g/mol. The van der Waals surface area contributed by atoms with Crippen molar-refractivity contribution < 1.29 is 23.8 Å². The molecular formula is C16H14ClFN2O4. The summed E-state index contributed by atoms with van der Waals surface area (Å²) < 4.78 is 18.1. The molecule has 0 spiro atoms. The number of benzene rings is 2. The molecule has 1 atom stereocenters. The second kappa shape index (κ2) is 7.65. The molecule has 0 radical (unpaired) electrons. The Kier molecular flexibility index (Phi) is 5.59. The number of rotatable bonds is 4. The molecule has 126 valence electrons. The maximum absolute atomic E-state index is 12.8. The van der Waals surface area contributed by atoms with Gasteiger partial charge in [-0.2, -0.15) is 0 Å². The molecule has 24 heavy (non-hydrogen) atoms. The van der Waals surface area contributed by atoms with E-state index in [2.05, 4.69) is 10.9 Å². The van der Waals surface area contributed by atoms with Gasteiger partial charge in [-0.15, -0.1) is 0 Å². The first-order valence-electron chi connectivity index (χ1n) is 6.88. The Labute approximate surface area is 142 Å². The number of halogens is 2. The molecule has 6 nitrogen and oxygen atoms in total. The van der Waals surface area contributed by atoms with Crippen LogP contribution in [0.5, 0.6) is 11.5 Å². The van der Waals surface area contributed by atoms with Crippen molar-refractivity contribution in [2.75, 3.05) is 0 Å². The highest BCUT2D eigenvalue weighted by atomic mass is 35.5. The number of amides is 2. The third kappa shape index (κ3) is 4.60. The van der Waals surface area contributed by atoms with Crippen LogP contribution >= 0.6 is 11.6 Å². The van der Waals surface area contributed by atoms with Crippen molar-refractivity contribution in [2.45, 2.75) is 13.0 Å². The first kappa shape index (κ1) is 17.6. The molecule has 8 heteroatoms. The minimum Gasteiger partial charge on any atom is -0.506 e. The summed E-state index contributed by atoms with van der Waals surface area (Å²) in [7, 11) is 0. The minimum absolute atomic E-state index is 0.0157. The zero-order chi connectivity index (χ0) is 17.7. The van der Waals surface area contributed by atoms with E-state index < -0.39 is 23.7 Å². The van der Waals surface area contributed by atoms with Crippen LogP contribution in [-0.2, 0) is 4.79 Å². The first-order valence-corrected chi connectivity index (χ1v) is 7.25. The number of nitrogens with one attached hydrogen (secondary N) is 2. The van der Waals surface area contributed by atoms with E-state index in [0.717, 1.165) is 0 Å². The topological polar surface area (TPSA) is 87.7 Å². The molecule has 2 aromatic carbocycles. The minimum atomic E-state index is -0.917. The molecule has 3 N–H and O–H groups in total. The lowest BCUT2D eigenvalue weighted by Gasteiger charge is -2.15. The van der Waals surface area contributed by atoms with Gasteiger partial charge in [-0.1, -0.05) is 11.6 Å². The maximum Gasteiger partial charge on any atom is 0.279 e. The number of phenolic OH excluding ortho intramolecular Hbond substituents is 1. The van der Waals surface area contributed by atoms with Gasteiger partial charge in [0.2, 0.25) is 0 Å². The quantitative estimate of drug-likeness (QED) is 0.737. The highest BCUT2D eigenvalue weighted by Crippen LogP contribution is 2.23. The summed E-state index contributed by atoms with van der Waals surface area (Å²) in [6.07, 6.45) is -0.917. The summed E-state index contributed by atoms with van der Waals surface area (Å²) in [6.45, 7) is 1.47. The maximum atomic E-state index is 12.8. The van der Waals surface area contributed by atoms with E-state index in [1.807, 2.05) is 0 Å². The fourth-order valence-electron chi connectivity index (χ4n) is 1.71. The van der Waals surface area contributed by atoms with Crippen LogP contribution < -0.4 is 15.6 Å². The van der Waals surface area contributed by atoms with Gasteiger partial charge >= 0.3 is 0 Å². The predicted molar refractivity (Wildman–Crippen MR) is 85.2 cm³/mol. The van der Waals surface area contributed by atoms with Crippen molar-refractivity contribution in [3.63, 3.8) is 0 Å². The van der Waals surface area contributed by atoms with Crippen molar-refractivity contribution in [1.82, 2.24) is 10.9 Å². The van der Waals surface area contributed by atoms with E-state index in [1.165, 1.54) is 49.4 Å². The molecule has 0 fully saturated rings. The third-order valence-electron chi connectivity index (χ3n) is 3.00. The van der Waals surface area contributed by atoms with Crippen molar-refractivity contribution in [3.05, 3.63) is 58.9 Å². The largest absolute Gasteiger partial charge is 0.506 e. The number of hydrogen-bond acceptors (Lipinski definition) is 4. The molecule has 1 unspecified atom stereocenters. The molecule has 0 bridgehead atoms. The van der Waals surface area contributed by atoms with E-state index >= 15 is 0 Å². The molecule has 0 saturated carbocycles. The van der Waals surface area contributed by atoms with E-state index in [1.54, 1.807) is 0 Å². The molecule has 0 aliphatic heterocycles. The van der Waals surface area contributed by atoms with Crippen LogP contribution in [0.4, 0.5) is 4.39 Å². The number of phenols is 1. The Morgan fingerprint density at radius 1 is 1.17 bits per heavy atom. The summed E-state index contributed by atoms with van der Waals surface area (Å²) in [5.41, 5.74) is 4.56. The molecular weight excluding hydrogens is 339 g/mol. The average Bonchev–Trinajstić information content (AvgIpc) is 2.56. The highest BCUT2D eigenvalue weighted by Gasteiger charge is 2.16. The lowest BCUT2D eigenvalue weighted by molar-refractivity contribution is -0.128. The first-order chi connectivity index (χ1) is 11.4. The number of aromatic hydroxyl groups is 1. The van der Waals surface area contributed by atoms with Gasteiger partial charge in [-0.05, 0) is 49.4 Å². The summed E-state index contributed by atoms with van der Waals surface area (Å²) in [5.74, 6) is -1.47. The standard InChI is InChI=1S/C16H14ClFN2O4/c1-9(24-12-5-3-11(18)4-6-12)15(22)19-20-16(23)10-2-7-14(21)13(17)8-10/h2-9,21H,1H3,(H,19,22)(H,20,23). The fraction of sp³-hybridized carbons (Fsp3) is 0.125. The van der Waals surface area contributed by atoms with E-state index in [-0.39, 0.29) is 16.3 Å². The van der Waals surface area contributed by atoms with Gasteiger partial charge in [-0.25, -0.2) is 4.39 Å². The number of hydrazine groups is 1. The molecule has 0 aliphatic carbocycles. The van der Waals surface area contributed by atoms with E-state index in [4.69, 9.17) is 16.3 Å². The fourth-order valence-corrected chi connectivity index (χ4v) is 1.89. The molecule has 0 aromatic heterocycles. The van der Waals surface area contributed by atoms with Crippen molar-refractivity contribution >= 4 is 23.4 Å². The van der Waals surface area contributed by atoms with Gasteiger partial charge in [0.05, 0.1) is 5.02 Å². The lowest BCUT2D eigenvalue weighted by Crippen LogP contribution is -2.47. The highest BCUT2D eigenvalue weighted by molar-refractivity contribution is 6.32. The zero-order valence-corrected chi connectivity index (χ0v) is 13.3. The van der Waals surface area contributed by atoms with Gasteiger partial charge in [0.25, 0.3) is 11.8 Å². The summed E-state index contributed by atoms with van der Waals surface area (Å²) in [6, 6.07) is 9.05. The van der Waals surface area contributed by atoms with E-state index in [0.29, 0.717) is 5.75 Å². The smallest absolute Gasteiger partial charge is 0.279 e. The number of hydrogen-bond donors (Lipinski definition) is 3. The van der Waals surface area contributed by atoms with Gasteiger partial charge in [0.15, 0.2) is 6.10 Å². The Hall–Kier alpha value is -2.80. The molecule has 0 aliphatic rings. The number of carbonyl (C=O) groups is 2. The molecule has 2 aromatic rings.